The number of likely N-dealkylation sites (tertiary alicyclic amines) is 1. The van der Waals surface area contributed by atoms with Crippen molar-refractivity contribution >= 4 is 0 Å². The Labute approximate surface area is 119 Å². The summed E-state index contributed by atoms with van der Waals surface area (Å²) in [5.74, 6) is 4.63. The van der Waals surface area contributed by atoms with Crippen LogP contribution in [0.25, 0.3) is 0 Å². The molecule has 112 valence electrons. The molecule has 3 N–H and O–H groups in total. The lowest BCUT2D eigenvalue weighted by atomic mass is 9.88. The zero-order valence-corrected chi connectivity index (χ0v) is 12.1. The van der Waals surface area contributed by atoms with Crippen LogP contribution in [0.5, 0.6) is 0 Å². The smallest absolute Gasteiger partial charge is 0.129 e. The maximum atomic E-state index is 13.8. The van der Waals surface area contributed by atoms with Gasteiger partial charge in [-0.1, -0.05) is 6.07 Å². The Balaban J connectivity index is 2.20. The maximum absolute atomic E-state index is 13.8. The molecule has 0 amide bonds. The van der Waals surface area contributed by atoms with Gasteiger partial charge in [0.05, 0.1) is 0 Å². The van der Waals surface area contributed by atoms with E-state index in [1.807, 2.05) is 0 Å². The first-order valence-electron chi connectivity index (χ1n) is 7.11. The minimum absolute atomic E-state index is 0.0997. The van der Waals surface area contributed by atoms with E-state index in [9.17, 15) is 8.78 Å². The van der Waals surface area contributed by atoms with Crippen molar-refractivity contribution in [2.24, 2.45) is 5.84 Å². The number of benzene rings is 1. The zero-order valence-electron chi connectivity index (χ0n) is 12.1. The van der Waals surface area contributed by atoms with Gasteiger partial charge in [-0.25, -0.2) is 8.78 Å². The maximum Gasteiger partial charge on any atom is 0.129 e. The average Bonchev–Trinajstić information content (AvgIpc) is 2.92. The third kappa shape index (κ3) is 3.00. The van der Waals surface area contributed by atoms with E-state index in [-0.39, 0.29) is 23.6 Å². The van der Waals surface area contributed by atoms with Crippen LogP contribution in [0.4, 0.5) is 8.78 Å². The monoisotopic (exact) mass is 283 g/mol. The Morgan fingerprint density at radius 1 is 1.25 bits per heavy atom. The summed E-state index contributed by atoms with van der Waals surface area (Å²) in [6, 6.07) is 3.74. The number of hydrazine groups is 1. The Morgan fingerprint density at radius 2 is 1.80 bits per heavy atom. The first kappa shape index (κ1) is 15.4. The van der Waals surface area contributed by atoms with Crippen LogP contribution in [0.15, 0.2) is 18.2 Å². The molecule has 3 nitrogen and oxygen atoms in total. The van der Waals surface area contributed by atoms with E-state index in [1.165, 1.54) is 18.2 Å². The van der Waals surface area contributed by atoms with E-state index < -0.39 is 11.6 Å². The molecule has 1 aliphatic rings. The molecule has 1 atom stereocenters. The van der Waals surface area contributed by atoms with Gasteiger partial charge in [-0.05, 0) is 58.3 Å². The molecule has 2 rings (SSSR count). The summed E-state index contributed by atoms with van der Waals surface area (Å²) >= 11 is 0. The molecule has 20 heavy (non-hydrogen) atoms. The van der Waals surface area contributed by atoms with E-state index in [1.54, 1.807) is 0 Å². The second-order valence-corrected chi connectivity index (χ2v) is 5.97. The number of nitrogens with zero attached hydrogens (tertiary/aromatic N) is 1. The highest BCUT2D eigenvalue weighted by Crippen LogP contribution is 2.27. The molecule has 0 aromatic heterocycles. The quantitative estimate of drug-likeness (QED) is 0.643. The molecule has 0 aliphatic carbocycles. The standard InChI is InChI=1S/C15H23F2N3/c1-15(2,20-8-3-4-9-20)14(19-18)10-11-12(16)6-5-7-13(11)17/h5-7,14,19H,3-4,8-10,18H2,1-2H3. The summed E-state index contributed by atoms with van der Waals surface area (Å²) in [5, 5.41) is 0. The molecule has 0 spiro atoms. The molecule has 0 saturated carbocycles. The van der Waals surface area contributed by atoms with Crippen LogP contribution in [0.1, 0.15) is 32.3 Å². The molecular weight excluding hydrogens is 260 g/mol. The molecule has 1 unspecified atom stereocenters. The van der Waals surface area contributed by atoms with Crippen molar-refractivity contribution in [2.75, 3.05) is 13.1 Å². The van der Waals surface area contributed by atoms with Gasteiger partial charge in [0, 0.05) is 17.1 Å². The fourth-order valence-electron chi connectivity index (χ4n) is 2.96. The lowest BCUT2D eigenvalue weighted by Gasteiger charge is -2.42. The van der Waals surface area contributed by atoms with Gasteiger partial charge >= 0.3 is 0 Å². The van der Waals surface area contributed by atoms with E-state index in [2.05, 4.69) is 24.2 Å². The van der Waals surface area contributed by atoms with E-state index >= 15 is 0 Å². The third-order valence-corrected chi connectivity index (χ3v) is 4.44. The summed E-state index contributed by atoms with van der Waals surface area (Å²) in [5.41, 5.74) is 2.60. The van der Waals surface area contributed by atoms with Gasteiger partial charge in [0.2, 0.25) is 0 Å². The molecular formula is C15H23F2N3. The van der Waals surface area contributed by atoms with E-state index in [4.69, 9.17) is 5.84 Å². The molecule has 1 saturated heterocycles. The van der Waals surface area contributed by atoms with Crippen molar-refractivity contribution in [1.29, 1.82) is 0 Å². The highest BCUT2D eigenvalue weighted by molar-refractivity contribution is 5.21. The van der Waals surface area contributed by atoms with Crippen molar-refractivity contribution in [1.82, 2.24) is 10.3 Å². The fourth-order valence-corrected chi connectivity index (χ4v) is 2.96. The Morgan fingerprint density at radius 3 is 2.30 bits per heavy atom. The lowest BCUT2D eigenvalue weighted by Crippen LogP contribution is -2.59. The van der Waals surface area contributed by atoms with E-state index in [0.717, 1.165) is 25.9 Å². The second kappa shape index (κ2) is 6.16. The molecule has 1 aromatic rings. The highest BCUT2D eigenvalue weighted by Gasteiger charge is 2.37. The van der Waals surface area contributed by atoms with Crippen LogP contribution in [-0.2, 0) is 6.42 Å². The summed E-state index contributed by atoms with van der Waals surface area (Å²) in [4.78, 5) is 2.33. The average molecular weight is 283 g/mol. The predicted octanol–water partition coefficient (Wildman–Crippen LogP) is 2.21. The number of rotatable bonds is 5. The summed E-state index contributed by atoms with van der Waals surface area (Å²) in [6.45, 7) is 6.15. The minimum Gasteiger partial charge on any atom is -0.297 e. The van der Waals surface area contributed by atoms with Gasteiger partial charge in [0.1, 0.15) is 11.6 Å². The Hall–Kier alpha value is -1.04. The first-order chi connectivity index (χ1) is 9.46. The molecule has 1 fully saturated rings. The van der Waals surface area contributed by atoms with Crippen molar-refractivity contribution < 1.29 is 8.78 Å². The Kier molecular flexibility index (Phi) is 4.73. The lowest BCUT2D eigenvalue weighted by molar-refractivity contribution is 0.106. The number of nitrogens with one attached hydrogen (secondary N) is 1. The van der Waals surface area contributed by atoms with Gasteiger partial charge in [0.25, 0.3) is 0 Å². The molecule has 0 radical (unpaired) electrons. The van der Waals surface area contributed by atoms with Crippen molar-refractivity contribution in [3.63, 3.8) is 0 Å². The van der Waals surface area contributed by atoms with Gasteiger partial charge in [-0.3, -0.25) is 16.2 Å². The summed E-state index contributed by atoms with van der Waals surface area (Å²) in [6.07, 6.45) is 2.56. The number of halogens is 2. The number of hydrogen-bond donors (Lipinski definition) is 2. The first-order valence-corrected chi connectivity index (χ1v) is 7.11. The number of hydrogen-bond acceptors (Lipinski definition) is 3. The Bertz CT molecular complexity index is 436. The van der Waals surface area contributed by atoms with Crippen molar-refractivity contribution in [3.8, 4) is 0 Å². The minimum atomic E-state index is -0.512. The predicted molar refractivity (Wildman–Crippen MR) is 76.1 cm³/mol. The van der Waals surface area contributed by atoms with Crippen molar-refractivity contribution in [2.45, 2.75) is 44.7 Å². The second-order valence-electron chi connectivity index (χ2n) is 5.97. The molecule has 0 bridgehead atoms. The van der Waals surface area contributed by atoms with Crippen LogP contribution < -0.4 is 11.3 Å². The van der Waals surface area contributed by atoms with Crippen LogP contribution in [-0.4, -0.2) is 29.6 Å². The molecule has 1 heterocycles. The van der Waals surface area contributed by atoms with Crippen LogP contribution in [0.3, 0.4) is 0 Å². The fraction of sp³-hybridized carbons (Fsp3) is 0.600. The van der Waals surface area contributed by atoms with Crippen LogP contribution >= 0.6 is 0 Å². The summed E-state index contributed by atoms with van der Waals surface area (Å²) < 4.78 is 27.6. The van der Waals surface area contributed by atoms with Gasteiger partial charge in [0.15, 0.2) is 0 Å². The highest BCUT2D eigenvalue weighted by atomic mass is 19.1. The third-order valence-electron chi connectivity index (χ3n) is 4.44. The SMILES string of the molecule is CC(C)(C(Cc1c(F)cccc1F)NN)N1CCCC1. The van der Waals surface area contributed by atoms with E-state index in [0.29, 0.717) is 0 Å². The van der Waals surface area contributed by atoms with Gasteiger partial charge in [-0.2, -0.15) is 0 Å². The molecule has 1 aliphatic heterocycles. The molecule has 1 aromatic carbocycles. The van der Waals surface area contributed by atoms with Gasteiger partial charge in [-0.15, -0.1) is 0 Å². The topological polar surface area (TPSA) is 41.3 Å². The van der Waals surface area contributed by atoms with Gasteiger partial charge < -0.3 is 0 Å². The zero-order chi connectivity index (χ0) is 14.8. The summed E-state index contributed by atoms with van der Waals surface area (Å²) in [7, 11) is 0. The van der Waals surface area contributed by atoms with Crippen molar-refractivity contribution in [3.05, 3.63) is 35.4 Å². The van der Waals surface area contributed by atoms with Crippen LogP contribution in [0, 0.1) is 11.6 Å². The largest absolute Gasteiger partial charge is 0.297 e. The van der Waals surface area contributed by atoms with Crippen LogP contribution in [0.2, 0.25) is 0 Å². The number of nitrogens with two attached hydrogens (primary N) is 1. The molecule has 5 heteroatoms. The normalized spacial score (nSPS) is 18.4.